The Morgan fingerprint density at radius 1 is 1.07 bits per heavy atom. The van der Waals surface area contributed by atoms with Crippen LogP contribution >= 0.6 is 11.3 Å². The minimum atomic E-state index is -0.948. The normalized spacial score (nSPS) is 16.3. The maximum atomic E-state index is 14.7. The molecule has 1 fully saturated rings. The number of piperazine rings is 1. The van der Waals surface area contributed by atoms with Crippen LogP contribution < -0.4 is 4.90 Å². The van der Waals surface area contributed by atoms with E-state index in [1.165, 1.54) is 23.5 Å². The number of halogens is 2. The lowest BCUT2D eigenvalue weighted by molar-refractivity contribution is 0.218. The summed E-state index contributed by atoms with van der Waals surface area (Å²) >= 11 is 1.35. The number of aliphatic hydroxyl groups is 1. The monoisotopic (exact) mass is 401 g/mol. The molecule has 0 unspecified atom stereocenters. The molecule has 0 amide bonds. The Morgan fingerprint density at radius 3 is 2.57 bits per heavy atom. The molecule has 3 aromatic rings. The fraction of sp³-hybridized carbons (Fsp3) is 0.286. The van der Waals surface area contributed by atoms with Crippen molar-refractivity contribution in [3.8, 4) is 0 Å². The first kappa shape index (κ1) is 19.0. The van der Waals surface area contributed by atoms with E-state index in [0.29, 0.717) is 35.9 Å². The highest BCUT2D eigenvalue weighted by molar-refractivity contribution is 7.09. The number of aliphatic hydroxyl groups excluding tert-OH is 1. The van der Waals surface area contributed by atoms with Crippen molar-refractivity contribution in [3.63, 3.8) is 0 Å². The summed E-state index contributed by atoms with van der Waals surface area (Å²) in [7, 11) is 0. The largest absolute Gasteiger partial charge is 0.381 e. The molecule has 2 aromatic carbocycles. The molecule has 1 aliphatic rings. The predicted molar refractivity (Wildman–Crippen MR) is 106 cm³/mol. The van der Waals surface area contributed by atoms with Gasteiger partial charge in [0.25, 0.3) is 0 Å². The summed E-state index contributed by atoms with van der Waals surface area (Å²) in [4.78, 5) is 8.36. The van der Waals surface area contributed by atoms with E-state index in [4.69, 9.17) is 0 Å². The fourth-order valence-corrected chi connectivity index (χ4v) is 4.25. The molecule has 1 saturated heterocycles. The maximum Gasteiger partial charge on any atom is 0.146 e. The highest BCUT2D eigenvalue weighted by Crippen LogP contribution is 2.34. The molecular formula is C21H21F2N3OS. The van der Waals surface area contributed by atoms with E-state index in [0.717, 1.165) is 18.7 Å². The molecule has 2 heterocycles. The second kappa shape index (κ2) is 8.34. The van der Waals surface area contributed by atoms with Gasteiger partial charge in [-0.05, 0) is 23.8 Å². The average Bonchev–Trinajstić information content (AvgIpc) is 3.23. The van der Waals surface area contributed by atoms with E-state index in [2.05, 4.69) is 9.88 Å². The smallest absolute Gasteiger partial charge is 0.146 e. The Bertz CT molecular complexity index is 927. The summed E-state index contributed by atoms with van der Waals surface area (Å²) in [5.74, 6) is -0.574. The lowest BCUT2D eigenvalue weighted by Crippen LogP contribution is -2.46. The van der Waals surface area contributed by atoms with Gasteiger partial charge in [0.05, 0.1) is 5.69 Å². The predicted octanol–water partition coefficient (Wildman–Crippen LogP) is 3.83. The number of para-hydroxylation sites is 1. The van der Waals surface area contributed by atoms with Crippen molar-refractivity contribution in [1.29, 1.82) is 0 Å². The third-order valence-corrected chi connectivity index (χ3v) is 5.81. The van der Waals surface area contributed by atoms with Crippen molar-refractivity contribution >= 4 is 17.0 Å². The van der Waals surface area contributed by atoms with Crippen molar-refractivity contribution in [2.24, 2.45) is 0 Å². The van der Waals surface area contributed by atoms with Crippen molar-refractivity contribution in [2.45, 2.75) is 12.6 Å². The third-order valence-electron chi connectivity index (χ3n) is 4.98. The summed E-state index contributed by atoms with van der Waals surface area (Å²) in [6.45, 7) is 3.40. The fourth-order valence-electron chi connectivity index (χ4n) is 3.61. The number of hydrogen-bond acceptors (Lipinski definition) is 5. The van der Waals surface area contributed by atoms with Gasteiger partial charge in [-0.1, -0.05) is 24.3 Å². The Morgan fingerprint density at radius 2 is 1.86 bits per heavy atom. The summed E-state index contributed by atoms with van der Waals surface area (Å²) < 4.78 is 28.1. The van der Waals surface area contributed by atoms with Gasteiger partial charge in [-0.25, -0.2) is 13.8 Å². The molecule has 0 spiro atoms. The molecule has 7 heteroatoms. The quantitative estimate of drug-likeness (QED) is 0.706. The highest BCUT2D eigenvalue weighted by atomic mass is 32.1. The second-order valence-electron chi connectivity index (χ2n) is 6.84. The number of anilines is 1. The van der Waals surface area contributed by atoms with Crippen LogP contribution in [0.15, 0.2) is 54.0 Å². The number of rotatable bonds is 5. The van der Waals surface area contributed by atoms with Crippen LogP contribution in [0.4, 0.5) is 14.5 Å². The van der Waals surface area contributed by atoms with E-state index in [9.17, 15) is 13.9 Å². The Balaban J connectivity index is 1.49. The van der Waals surface area contributed by atoms with Crippen LogP contribution in [0.2, 0.25) is 0 Å². The van der Waals surface area contributed by atoms with Gasteiger partial charge < -0.3 is 10.0 Å². The first-order valence-electron chi connectivity index (χ1n) is 9.19. The van der Waals surface area contributed by atoms with E-state index in [-0.39, 0.29) is 11.6 Å². The standard InChI is InChI=1S/C21H21F2N3OS/c22-16-4-1-3-15(13-16)14-25-8-10-26(11-9-25)19-17(5-2-6-18(19)23)20(27)21-24-7-12-28-21/h1-7,12-13,20,27H,8-11,14H2/t20-/m0/s1. The summed E-state index contributed by atoms with van der Waals surface area (Å²) in [6.07, 6.45) is 0.684. The van der Waals surface area contributed by atoms with E-state index in [1.807, 2.05) is 11.0 Å². The van der Waals surface area contributed by atoms with Gasteiger partial charge in [0.15, 0.2) is 0 Å². The van der Waals surface area contributed by atoms with Crippen LogP contribution in [0.3, 0.4) is 0 Å². The summed E-state index contributed by atoms with van der Waals surface area (Å²) in [5, 5.41) is 13.0. The number of benzene rings is 2. The van der Waals surface area contributed by atoms with Gasteiger partial charge in [0.2, 0.25) is 0 Å². The molecule has 0 bridgehead atoms. The van der Waals surface area contributed by atoms with E-state index in [1.54, 1.807) is 35.8 Å². The highest BCUT2D eigenvalue weighted by Gasteiger charge is 2.26. The van der Waals surface area contributed by atoms with Gasteiger partial charge in [-0.2, -0.15) is 0 Å². The van der Waals surface area contributed by atoms with Gasteiger partial charge in [-0.3, -0.25) is 4.90 Å². The van der Waals surface area contributed by atoms with Crippen molar-refractivity contribution in [1.82, 2.24) is 9.88 Å². The Labute approximate surface area is 166 Å². The number of aromatic nitrogens is 1. The third kappa shape index (κ3) is 4.06. The van der Waals surface area contributed by atoms with Crippen molar-refractivity contribution < 1.29 is 13.9 Å². The molecular weight excluding hydrogens is 380 g/mol. The topological polar surface area (TPSA) is 39.6 Å². The van der Waals surface area contributed by atoms with Gasteiger partial charge >= 0.3 is 0 Å². The number of nitrogens with zero attached hydrogens (tertiary/aromatic N) is 3. The van der Waals surface area contributed by atoms with Crippen molar-refractivity contribution in [2.75, 3.05) is 31.1 Å². The molecule has 1 N–H and O–H groups in total. The molecule has 28 heavy (non-hydrogen) atoms. The van der Waals surface area contributed by atoms with Crippen LogP contribution in [-0.4, -0.2) is 41.2 Å². The van der Waals surface area contributed by atoms with Gasteiger partial charge in [0, 0.05) is 49.9 Å². The van der Waals surface area contributed by atoms with Crippen LogP contribution in [0, 0.1) is 11.6 Å². The maximum absolute atomic E-state index is 14.7. The Hall–Kier alpha value is -2.35. The lowest BCUT2D eigenvalue weighted by atomic mass is 10.0. The minimum Gasteiger partial charge on any atom is -0.381 e. The zero-order chi connectivity index (χ0) is 19.5. The van der Waals surface area contributed by atoms with E-state index < -0.39 is 6.10 Å². The average molecular weight is 401 g/mol. The number of hydrogen-bond donors (Lipinski definition) is 1. The molecule has 0 radical (unpaired) electrons. The van der Waals surface area contributed by atoms with Crippen LogP contribution in [-0.2, 0) is 6.54 Å². The number of thiazole rings is 1. The molecule has 1 atom stereocenters. The zero-order valence-corrected chi connectivity index (χ0v) is 16.1. The molecule has 4 nitrogen and oxygen atoms in total. The zero-order valence-electron chi connectivity index (χ0n) is 15.3. The first-order valence-corrected chi connectivity index (χ1v) is 10.1. The van der Waals surface area contributed by atoms with Crippen molar-refractivity contribution in [3.05, 3.63) is 81.8 Å². The van der Waals surface area contributed by atoms with E-state index >= 15 is 0 Å². The summed E-state index contributed by atoms with van der Waals surface area (Å²) in [5.41, 5.74) is 1.91. The molecule has 1 aliphatic heterocycles. The van der Waals surface area contributed by atoms with Crippen LogP contribution in [0.25, 0.3) is 0 Å². The molecule has 146 valence electrons. The molecule has 1 aromatic heterocycles. The second-order valence-corrected chi connectivity index (χ2v) is 7.77. The first-order chi connectivity index (χ1) is 13.6. The van der Waals surface area contributed by atoms with Crippen LogP contribution in [0.5, 0.6) is 0 Å². The van der Waals surface area contributed by atoms with Crippen LogP contribution in [0.1, 0.15) is 22.2 Å². The van der Waals surface area contributed by atoms with Gasteiger partial charge in [-0.15, -0.1) is 11.3 Å². The summed E-state index contributed by atoms with van der Waals surface area (Å²) in [6, 6.07) is 11.4. The lowest BCUT2D eigenvalue weighted by Gasteiger charge is -2.37. The molecule has 0 aliphatic carbocycles. The Kier molecular flexibility index (Phi) is 5.66. The minimum absolute atomic E-state index is 0.233. The van der Waals surface area contributed by atoms with Gasteiger partial charge in [0.1, 0.15) is 22.7 Å². The molecule has 0 saturated carbocycles. The SMILES string of the molecule is O[C@H](c1nccs1)c1cccc(F)c1N1CCN(Cc2cccc(F)c2)CC1. The molecule has 4 rings (SSSR count).